The van der Waals surface area contributed by atoms with E-state index in [1.54, 1.807) is 38.0 Å². The summed E-state index contributed by atoms with van der Waals surface area (Å²) in [7, 11) is 1.63. The van der Waals surface area contributed by atoms with E-state index >= 15 is 0 Å². The van der Waals surface area contributed by atoms with Gasteiger partial charge in [-0.05, 0) is 77.1 Å². The third-order valence-corrected chi connectivity index (χ3v) is 10.1. The van der Waals surface area contributed by atoms with Crippen LogP contribution in [-0.2, 0) is 13.0 Å². The number of amides is 2. The van der Waals surface area contributed by atoms with Crippen molar-refractivity contribution in [3.63, 3.8) is 0 Å². The van der Waals surface area contributed by atoms with Crippen LogP contribution in [0.4, 0.5) is 10.6 Å². The van der Waals surface area contributed by atoms with Gasteiger partial charge in [0.05, 0.1) is 49.1 Å². The number of hydrogen-bond acceptors (Lipinski definition) is 7. The molecule has 0 saturated heterocycles. The van der Waals surface area contributed by atoms with Gasteiger partial charge in [0, 0.05) is 22.1 Å². The average Bonchev–Trinajstić information content (AvgIpc) is 3.86. The van der Waals surface area contributed by atoms with Gasteiger partial charge in [0.2, 0.25) is 0 Å². The number of carbonyl (C=O) groups excluding carboxylic acids is 1. The number of fused-ring (bicyclic) bond motifs is 1. The summed E-state index contributed by atoms with van der Waals surface area (Å²) in [6, 6.07) is 36.2. The Kier molecular flexibility index (Phi) is 10.6. The molecule has 2 amide bonds. The molecule has 7 aromatic rings. The molecule has 0 aliphatic rings. The normalized spacial score (nSPS) is 12.5. The number of furan rings is 1. The van der Waals surface area contributed by atoms with E-state index in [4.69, 9.17) is 24.0 Å². The van der Waals surface area contributed by atoms with Gasteiger partial charge in [-0.3, -0.25) is 14.5 Å². The number of aromatic nitrogens is 3. The first-order chi connectivity index (χ1) is 27.0. The van der Waals surface area contributed by atoms with Crippen LogP contribution in [0.3, 0.4) is 0 Å². The molecule has 3 N–H and O–H groups in total. The van der Waals surface area contributed by atoms with Crippen molar-refractivity contribution in [2.45, 2.75) is 39.3 Å². The molecule has 284 valence electrons. The molecule has 0 aliphatic heterocycles. The summed E-state index contributed by atoms with van der Waals surface area (Å²) in [6.07, 6.45) is 4.13. The number of methoxy groups -OCH3 is 1. The molecular formula is C45H43N5O6. The van der Waals surface area contributed by atoms with Crippen LogP contribution in [0.2, 0.25) is 0 Å². The summed E-state index contributed by atoms with van der Waals surface area (Å²) in [5, 5.41) is 21.5. The van der Waals surface area contributed by atoms with Gasteiger partial charge in [-0.2, -0.15) is 5.10 Å². The highest BCUT2D eigenvalue weighted by molar-refractivity contribution is 6.08. The molecule has 0 spiro atoms. The van der Waals surface area contributed by atoms with E-state index in [-0.39, 0.29) is 12.5 Å². The highest BCUT2D eigenvalue weighted by atomic mass is 16.5. The van der Waals surface area contributed by atoms with E-state index in [2.05, 4.69) is 10.6 Å². The molecule has 0 saturated carbocycles. The molecule has 56 heavy (non-hydrogen) atoms. The molecule has 3 heterocycles. The number of pyridine rings is 1. The van der Waals surface area contributed by atoms with Crippen LogP contribution in [0.1, 0.15) is 42.3 Å². The molecule has 0 aliphatic carbocycles. The van der Waals surface area contributed by atoms with Crippen molar-refractivity contribution in [3.05, 3.63) is 151 Å². The molecule has 4 aromatic carbocycles. The Morgan fingerprint density at radius 2 is 1.57 bits per heavy atom. The number of carboxylic acid groups (broad SMARTS) is 1. The Morgan fingerprint density at radius 3 is 2.23 bits per heavy atom. The van der Waals surface area contributed by atoms with Crippen molar-refractivity contribution >= 4 is 28.7 Å². The van der Waals surface area contributed by atoms with Crippen LogP contribution in [0, 0.1) is 5.41 Å². The third-order valence-electron chi connectivity index (χ3n) is 10.1. The lowest BCUT2D eigenvalue weighted by Gasteiger charge is -2.44. The zero-order valence-electron chi connectivity index (χ0n) is 31.7. The van der Waals surface area contributed by atoms with Gasteiger partial charge in [0.15, 0.2) is 5.82 Å². The van der Waals surface area contributed by atoms with Crippen LogP contribution in [0.25, 0.3) is 33.3 Å². The third kappa shape index (κ3) is 8.12. The van der Waals surface area contributed by atoms with Crippen molar-refractivity contribution in [2.24, 2.45) is 5.41 Å². The minimum Gasteiger partial charge on any atom is -0.497 e. The van der Waals surface area contributed by atoms with Crippen LogP contribution in [0.5, 0.6) is 11.5 Å². The van der Waals surface area contributed by atoms with Gasteiger partial charge < -0.3 is 29.6 Å². The first-order valence-corrected chi connectivity index (χ1v) is 18.2. The predicted octanol–water partition coefficient (Wildman–Crippen LogP) is 9.34. The van der Waals surface area contributed by atoms with E-state index in [1.165, 1.54) is 0 Å². The second-order valence-electron chi connectivity index (χ2n) is 14.7. The highest BCUT2D eigenvalue weighted by Crippen LogP contribution is 2.39. The molecule has 0 bridgehead atoms. The smallest absolute Gasteiger partial charge is 0.405 e. The second-order valence-corrected chi connectivity index (χ2v) is 14.7. The zero-order valence-corrected chi connectivity index (χ0v) is 31.7. The fraction of sp³-hybridized carbons (Fsp3) is 0.200. The molecular weight excluding hydrogens is 707 g/mol. The maximum atomic E-state index is 13.5. The van der Waals surface area contributed by atoms with Crippen molar-refractivity contribution < 1.29 is 28.6 Å². The van der Waals surface area contributed by atoms with Crippen molar-refractivity contribution in [2.75, 3.05) is 19.0 Å². The van der Waals surface area contributed by atoms with E-state index < -0.39 is 17.0 Å². The van der Waals surface area contributed by atoms with Crippen LogP contribution >= 0.6 is 0 Å². The number of ether oxygens (including phenoxy) is 2. The van der Waals surface area contributed by atoms with Gasteiger partial charge in [0.1, 0.15) is 18.1 Å². The van der Waals surface area contributed by atoms with Crippen molar-refractivity contribution in [1.29, 1.82) is 0 Å². The molecule has 0 fully saturated rings. The van der Waals surface area contributed by atoms with Gasteiger partial charge in [-0.15, -0.1) is 0 Å². The predicted molar refractivity (Wildman–Crippen MR) is 216 cm³/mol. The number of benzene rings is 4. The van der Waals surface area contributed by atoms with Crippen LogP contribution < -0.4 is 20.1 Å². The Bertz CT molecular complexity index is 2440. The summed E-state index contributed by atoms with van der Waals surface area (Å²) in [4.78, 5) is 30.6. The van der Waals surface area contributed by atoms with Gasteiger partial charge in [-0.1, -0.05) is 87.5 Å². The topological polar surface area (TPSA) is 141 Å². The van der Waals surface area contributed by atoms with E-state index in [0.29, 0.717) is 35.8 Å². The fourth-order valence-electron chi connectivity index (χ4n) is 6.76. The lowest BCUT2D eigenvalue weighted by Crippen LogP contribution is -2.62. The Morgan fingerprint density at radius 1 is 0.839 bits per heavy atom. The van der Waals surface area contributed by atoms with E-state index in [0.717, 1.165) is 44.5 Å². The fourth-order valence-corrected chi connectivity index (χ4v) is 6.76. The van der Waals surface area contributed by atoms with Crippen LogP contribution in [-0.4, -0.2) is 51.1 Å². The molecule has 0 radical (unpaired) electrons. The molecule has 11 heteroatoms. The van der Waals surface area contributed by atoms with E-state index in [9.17, 15) is 14.7 Å². The van der Waals surface area contributed by atoms with Crippen molar-refractivity contribution in [3.8, 4) is 33.9 Å². The minimum absolute atomic E-state index is 0.0384. The molecule has 0 unspecified atom stereocenters. The average molecular weight is 750 g/mol. The lowest BCUT2D eigenvalue weighted by molar-refractivity contribution is 0.0686. The summed E-state index contributed by atoms with van der Waals surface area (Å²) in [6.45, 7) is 6.49. The summed E-state index contributed by atoms with van der Waals surface area (Å²) in [5.41, 5.74) is 4.73. The van der Waals surface area contributed by atoms with Crippen molar-refractivity contribution in [1.82, 2.24) is 20.1 Å². The quantitative estimate of drug-likeness (QED) is 0.106. The maximum absolute atomic E-state index is 13.5. The maximum Gasteiger partial charge on any atom is 0.405 e. The Balaban J connectivity index is 1.29. The molecule has 7 rings (SSSR count). The minimum atomic E-state index is -1.13. The Labute approximate surface area is 324 Å². The molecule has 3 aromatic heterocycles. The van der Waals surface area contributed by atoms with Crippen LogP contribution in [0.15, 0.2) is 138 Å². The SMILES string of the molecule is COc1ccc(Cn2nc(NC(=O)c3ccccc3)c3cc(-c4cc(OC[C@@](Cc5ccccc5)(NC(=O)O)C(C)(C)C)cnc4-c4ccoc4)ccc32)cc1. The zero-order chi connectivity index (χ0) is 39.3. The molecule has 11 nitrogen and oxygen atoms in total. The second kappa shape index (κ2) is 15.8. The first-order valence-electron chi connectivity index (χ1n) is 18.2. The number of hydrogen-bond donors (Lipinski definition) is 3. The Hall–Kier alpha value is -6.88. The van der Waals surface area contributed by atoms with E-state index in [1.807, 2.05) is 129 Å². The van der Waals surface area contributed by atoms with Gasteiger partial charge in [-0.25, -0.2) is 4.79 Å². The van der Waals surface area contributed by atoms with Gasteiger partial charge >= 0.3 is 6.09 Å². The number of anilines is 1. The number of nitrogens with zero attached hydrogens (tertiary/aromatic N) is 3. The van der Waals surface area contributed by atoms with Gasteiger partial charge in [0.25, 0.3) is 5.91 Å². The number of rotatable bonds is 13. The highest BCUT2D eigenvalue weighted by Gasteiger charge is 2.44. The summed E-state index contributed by atoms with van der Waals surface area (Å²) >= 11 is 0. The largest absolute Gasteiger partial charge is 0.497 e. The monoisotopic (exact) mass is 749 g/mol. The number of carbonyl (C=O) groups is 2. The first kappa shape index (κ1) is 37.4. The lowest BCUT2D eigenvalue weighted by atomic mass is 9.70. The standard InChI is InChI=1S/C45H43N5O6/c1-44(2,3)45(48-43(52)53,25-30-11-7-5-8-12-30)29-56-36-24-37(40(46-26-36)34-21-22-55-28-34)33-17-20-39-38(23-33)41(47-42(51)32-13-9-6-10-14-32)49-50(39)27-31-15-18-35(54-4)19-16-31/h5-24,26,28,48H,25,27,29H2,1-4H3,(H,52,53)(H,47,49,51)/t45-/m1/s1. The molecule has 1 atom stereocenters. The summed E-state index contributed by atoms with van der Waals surface area (Å²) < 4.78 is 19.2. The summed E-state index contributed by atoms with van der Waals surface area (Å²) in [5.74, 6) is 1.33. The number of nitrogens with one attached hydrogen (secondary N) is 2.